The van der Waals surface area contributed by atoms with Gasteiger partial charge in [-0.25, -0.2) is 0 Å². The number of hydrogen-bond acceptors (Lipinski definition) is 21. The molecule has 9 amide bonds. The molecule has 0 aromatic carbocycles. The Balaban J connectivity index is 4.60. The van der Waals surface area contributed by atoms with Crippen LogP contribution in [-0.4, -0.2) is 223 Å². The number of rotatable bonds is 54. The van der Waals surface area contributed by atoms with Gasteiger partial charge >= 0.3 is 0 Å². The lowest BCUT2D eigenvalue weighted by Gasteiger charge is -2.32. The van der Waals surface area contributed by atoms with Crippen LogP contribution in [0.4, 0.5) is 0 Å². The first kappa shape index (κ1) is 78.8. The summed E-state index contributed by atoms with van der Waals surface area (Å²) in [4.78, 5) is 111. The van der Waals surface area contributed by atoms with Gasteiger partial charge in [-0.3, -0.25) is 43.2 Å². The molecular weight excluding hydrogens is 1110 g/mol. The predicted octanol–water partition coefficient (Wildman–Crippen LogP) is -1.96. The third-order valence-electron chi connectivity index (χ3n) is 13.8. The molecule has 0 aromatic rings. The number of carbonyl (C=O) groups is 9. The van der Waals surface area contributed by atoms with Gasteiger partial charge in [0.2, 0.25) is 53.2 Å². The lowest BCUT2D eigenvalue weighted by molar-refractivity contribution is -0.129. The highest BCUT2D eigenvalue weighted by atomic mass is 16.5. The summed E-state index contributed by atoms with van der Waals surface area (Å²) in [6, 6.07) is -2.22. The average molecular weight is 1220 g/mol. The molecule has 17 N–H and O–H groups in total. The van der Waals surface area contributed by atoms with E-state index in [-0.39, 0.29) is 153 Å². The standard InChI is InChI=1S/C55H105N15O15/c1-39(69-80)54(3,4)65-35-41(36-66-55(5,6)40(2)70-81)67-47(73)22-16-23-48(74)68-44(53(79)64-26-14-10-18-43(59-8)52(57)78)19-11-13-24-60-45(71)20-15-21-46(72)62-27-29-82-31-34-85-38-50(76)63-28-30-83-32-33-84-37-49(75)61-25-12-9-17-42(58-7)51(56)77/h41-44,58-59,65-66,80-81H,9-38H2,1-8H3,(H2,56,77)(H2,57,78)(H,60,71)(H,61,75)(H,62,72)(H,63,76)(H,64,79)(H,67,73)(H,68,74)/b69-39+,70-40+/t42-,43-,44-/m0/s1. The molecule has 30 heteroatoms. The molecule has 0 bridgehead atoms. The van der Waals surface area contributed by atoms with Gasteiger partial charge in [-0.15, -0.1) is 0 Å². The molecule has 0 aliphatic rings. The van der Waals surface area contributed by atoms with Crippen LogP contribution in [0.3, 0.4) is 0 Å². The topological polar surface area (TPSA) is 440 Å². The zero-order valence-electron chi connectivity index (χ0n) is 51.8. The Kier molecular flexibility index (Phi) is 44.5. The Morgan fingerprint density at radius 2 is 0.788 bits per heavy atom. The van der Waals surface area contributed by atoms with Crippen molar-refractivity contribution in [3.05, 3.63) is 0 Å². The molecule has 0 saturated heterocycles. The molecule has 0 aromatic heterocycles. The summed E-state index contributed by atoms with van der Waals surface area (Å²) >= 11 is 0. The lowest BCUT2D eigenvalue weighted by Crippen LogP contribution is -2.57. The minimum Gasteiger partial charge on any atom is -0.411 e. The number of ether oxygens (including phenoxy) is 4. The molecule has 0 radical (unpaired) electrons. The van der Waals surface area contributed by atoms with Crippen molar-refractivity contribution < 1.29 is 72.5 Å². The number of carbonyl (C=O) groups excluding carboxylic acids is 9. The maximum atomic E-state index is 13.4. The first-order valence-electron chi connectivity index (χ1n) is 29.5. The third kappa shape index (κ3) is 41.5. The number of nitrogens with two attached hydrogens (primary N) is 2. The molecule has 0 heterocycles. The summed E-state index contributed by atoms with van der Waals surface area (Å²) in [6.07, 6.45) is 5.68. The van der Waals surface area contributed by atoms with E-state index in [0.717, 1.165) is 6.42 Å². The van der Waals surface area contributed by atoms with Gasteiger partial charge < -0.3 is 99.3 Å². The Labute approximate surface area is 501 Å². The van der Waals surface area contributed by atoms with Crippen molar-refractivity contribution in [2.45, 2.75) is 173 Å². The number of nitrogens with one attached hydrogen (secondary N) is 11. The fourth-order valence-corrected chi connectivity index (χ4v) is 7.73. The van der Waals surface area contributed by atoms with Crippen molar-refractivity contribution in [3.63, 3.8) is 0 Å². The fraction of sp³-hybridized carbons (Fsp3) is 0.800. The Morgan fingerprint density at radius 1 is 0.435 bits per heavy atom. The molecule has 0 spiro atoms. The van der Waals surface area contributed by atoms with E-state index in [0.29, 0.717) is 82.4 Å². The van der Waals surface area contributed by atoms with E-state index in [9.17, 15) is 53.6 Å². The van der Waals surface area contributed by atoms with Crippen molar-refractivity contribution in [1.29, 1.82) is 0 Å². The van der Waals surface area contributed by atoms with Crippen LogP contribution in [-0.2, 0) is 62.1 Å². The van der Waals surface area contributed by atoms with Crippen molar-refractivity contribution in [1.82, 2.24) is 58.5 Å². The Bertz CT molecular complexity index is 2000. The summed E-state index contributed by atoms with van der Waals surface area (Å²) in [7, 11) is 3.31. The Morgan fingerprint density at radius 3 is 1.20 bits per heavy atom. The van der Waals surface area contributed by atoms with Gasteiger partial charge in [-0.2, -0.15) is 0 Å². The van der Waals surface area contributed by atoms with E-state index in [4.69, 9.17) is 30.4 Å². The van der Waals surface area contributed by atoms with Crippen LogP contribution in [0.5, 0.6) is 0 Å². The number of amides is 9. The minimum absolute atomic E-state index is 0.0129. The highest BCUT2D eigenvalue weighted by Crippen LogP contribution is 2.10. The van der Waals surface area contributed by atoms with E-state index < -0.39 is 52.8 Å². The number of unbranched alkanes of at least 4 members (excludes halogenated alkanes) is 3. The van der Waals surface area contributed by atoms with E-state index in [2.05, 4.69) is 68.8 Å². The van der Waals surface area contributed by atoms with Gasteiger partial charge in [0, 0.05) is 71.5 Å². The molecular formula is C55H105N15O15. The van der Waals surface area contributed by atoms with Crippen LogP contribution in [0.25, 0.3) is 0 Å². The van der Waals surface area contributed by atoms with Gasteiger partial charge in [0.1, 0.15) is 19.3 Å². The lowest BCUT2D eigenvalue weighted by atomic mass is 9.98. The second-order valence-corrected chi connectivity index (χ2v) is 21.5. The minimum atomic E-state index is -0.890. The molecule has 85 heavy (non-hydrogen) atoms. The van der Waals surface area contributed by atoms with E-state index in [1.54, 1.807) is 27.9 Å². The summed E-state index contributed by atoms with van der Waals surface area (Å²) in [5.41, 5.74) is 10.2. The monoisotopic (exact) mass is 1220 g/mol. The van der Waals surface area contributed by atoms with Gasteiger partial charge in [0.05, 0.1) is 80.3 Å². The van der Waals surface area contributed by atoms with Gasteiger partial charge in [0.25, 0.3) is 0 Å². The smallest absolute Gasteiger partial charge is 0.246 e. The van der Waals surface area contributed by atoms with Crippen molar-refractivity contribution in [2.75, 3.05) is 113 Å². The summed E-state index contributed by atoms with van der Waals surface area (Å²) in [6.45, 7) is 13.8. The van der Waals surface area contributed by atoms with E-state index >= 15 is 0 Å². The highest BCUT2D eigenvalue weighted by Gasteiger charge is 2.28. The summed E-state index contributed by atoms with van der Waals surface area (Å²) in [5, 5.41) is 57.2. The van der Waals surface area contributed by atoms with Crippen LogP contribution in [0, 0.1) is 0 Å². The Hall–Kier alpha value is -6.15. The normalized spacial score (nSPS) is 13.1. The second-order valence-electron chi connectivity index (χ2n) is 21.5. The number of oxime groups is 2. The first-order valence-corrected chi connectivity index (χ1v) is 29.5. The van der Waals surface area contributed by atoms with Crippen molar-refractivity contribution in [2.24, 2.45) is 21.8 Å². The van der Waals surface area contributed by atoms with Crippen LogP contribution in [0.2, 0.25) is 0 Å². The SMILES string of the molecule is CN[C@@H](CCCCNC(=O)COCCOCCNC(=O)COCCOCCNC(=O)CCCC(=O)NCCCC[C@H](NC(=O)CCCC(=O)NC(CNC(C)(C)/C(C)=N/O)CNC(C)(C)/C(C)=N/O)C(=O)NCCCC[C@H](NC)C(N)=O)C(N)=O. The van der Waals surface area contributed by atoms with Gasteiger partial charge in [0.15, 0.2) is 0 Å². The molecule has 490 valence electrons. The molecule has 0 aliphatic heterocycles. The summed E-state index contributed by atoms with van der Waals surface area (Å²) in [5.74, 6) is -3.06. The first-order chi connectivity index (χ1) is 40.4. The molecule has 0 aliphatic carbocycles. The number of likely N-dealkylation sites (N-methyl/N-ethyl adjacent to an activating group) is 2. The molecule has 30 nitrogen and oxygen atoms in total. The van der Waals surface area contributed by atoms with Crippen molar-refractivity contribution in [3.8, 4) is 0 Å². The van der Waals surface area contributed by atoms with Gasteiger partial charge in [-0.1, -0.05) is 10.3 Å². The molecule has 0 unspecified atom stereocenters. The number of hydrogen-bond donors (Lipinski definition) is 15. The largest absolute Gasteiger partial charge is 0.411 e. The zero-order valence-corrected chi connectivity index (χ0v) is 51.8. The van der Waals surface area contributed by atoms with E-state index in [1.807, 2.05) is 27.7 Å². The van der Waals surface area contributed by atoms with Crippen LogP contribution >= 0.6 is 0 Å². The molecule has 3 atom stereocenters. The zero-order chi connectivity index (χ0) is 63.9. The highest BCUT2D eigenvalue weighted by molar-refractivity contribution is 5.91. The van der Waals surface area contributed by atoms with E-state index in [1.165, 1.54) is 0 Å². The maximum absolute atomic E-state index is 13.4. The second kappa shape index (κ2) is 48.0. The van der Waals surface area contributed by atoms with Crippen LogP contribution in [0.15, 0.2) is 10.3 Å². The van der Waals surface area contributed by atoms with Crippen molar-refractivity contribution >= 4 is 64.6 Å². The number of nitrogens with zero attached hydrogens (tertiary/aromatic N) is 2. The average Bonchev–Trinajstić information content (AvgIpc) is 3.67. The molecule has 0 fully saturated rings. The summed E-state index contributed by atoms with van der Waals surface area (Å²) < 4.78 is 21.4. The van der Waals surface area contributed by atoms with Gasteiger partial charge in [-0.05, 0) is 126 Å². The molecule has 0 rings (SSSR count). The molecule has 0 saturated carbocycles. The quantitative estimate of drug-likeness (QED) is 0.0136. The fourth-order valence-electron chi connectivity index (χ4n) is 7.73. The predicted molar refractivity (Wildman–Crippen MR) is 319 cm³/mol. The maximum Gasteiger partial charge on any atom is 0.246 e. The number of primary amides is 2. The van der Waals surface area contributed by atoms with Crippen LogP contribution < -0.4 is 70.0 Å². The van der Waals surface area contributed by atoms with Crippen LogP contribution in [0.1, 0.15) is 138 Å². The third-order valence-corrected chi connectivity index (χ3v) is 13.8.